The number of carboxylic acids is 1. The summed E-state index contributed by atoms with van der Waals surface area (Å²) in [4.78, 5) is 10.7. The minimum Gasteiger partial charge on any atom is -0.478 e. The first-order chi connectivity index (χ1) is 10.3. The van der Waals surface area contributed by atoms with Crippen molar-refractivity contribution < 1.29 is 14.6 Å². The van der Waals surface area contributed by atoms with Gasteiger partial charge in [0.05, 0.1) is 11.7 Å². The molecule has 2 rings (SSSR count). The number of rotatable bonds is 8. The molecule has 1 aliphatic rings. The molecule has 21 heavy (non-hydrogen) atoms. The van der Waals surface area contributed by atoms with Crippen LogP contribution < -0.4 is 5.32 Å². The minimum atomic E-state index is -0.880. The third-order valence-corrected chi connectivity index (χ3v) is 3.93. The molecule has 1 saturated carbocycles. The molecule has 116 valence electrons. The van der Waals surface area contributed by atoms with Gasteiger partial charge in [-0.05, 0) is 43.5 Å². The molecule has 0 radical (unpaired) electrons. The first-order valence-electron chi connectivity index (χ1n) is 7.90. The van der Waals surface area contributed by atoms with Crippen molar-refractivity contribution >= 4 is 5.97 Å². The van der Waals surface area contributed by atoms with Crippen molar-refractivity contribution in [2.75, 3.05) is 13.2 Å². The van der Waals surface area contributed by atoms with Gasteiger partial charge in [-0.1, -0.05) is 31.4 Å². The zero-order valence-corrected chi connectivity index (χ0v) is 12.5. The first-order valence-corrected chi connectivity index (χ1v) is 7.90. The minimum absolute atomic E-state index is 0.333. The van der Waals surface area contributed by atoms with Gasteiger partial charge in [-0.15, -0.1) is 0 Å². The molecule has 0 bridgehead atoms. The van der Waals surface area contributed by atoms with Crippen molar-refractivity contribution in [1.82, 2.24) is 5.32 Å². The van der Waals surface area contributed by atoms with Crippen LogP contribution in [0.15, 0.2) is 24.3 Å². The summed E-state index contributed by atoms with van der Waals surface area (Å²) in [5.74, 6) is -0.880. The van der Waals surface area contributed by atoms with Crippen molar-refractivity contribution in [2.45, 2.75) is 51.2 Å². The third-order valence-electron chi connectivity index (χ3n) is 3.93. The fourth-order valence-electron chi connectivity index (χ4n) is 2.68. The predicted octanol–water partition coefficient (Wildman–Crippen LogP) is 3.21. The van der Waals surface area contributed by atoms with E-state index >= 15 is 0 Å². The zero-order chi connectivity index (χ0) is 14.9. The summed E-state index contributed by atoms with van der Waals surface area (Å²) in [5, 5.41) is 12.2. The lowest BCUT2D eigenvalue weighted by atomic mass is 9.98. The number of hydrogen-bond acceptors (Lipinski definition) is 3. The van der Waals surface area contributed by atoms with Crippen LogP contribution in [0, 0.1) is 0 Å². The summed E-state index contributed by atoms with van der Waals surface area (Å²) in [7, 11) is 0. The van der Waals surface area contributed by atoms with Crippen LogP contribution in [0.1, 0.15) is 54.4 Å². The maximum absolute atomic E-state index is 10.7. The van der Waals surface area contributed by atoms with E-state index in [0.29, 0.717) is 11.7 Å². The first kappa shape index (κ1) is 16.0. The smallest absolute Gasteiger partial charge is 0.335 e. The van der Waals surface area contributed by atoms with E-state index in [4.69, 9.17) is 9.84 Å². The average molecular weight is 291 g/mol. The van der Waals surface area contributed by atoms with Crippen LogP contribution >= 0.6 is 0 Å². The van der Waals surface area contributed by atoms with Gasteiger partial charge in [-0.3, -0.25) is 0 Å². The molecular weight excluding hydrogens is 266 g/mol. The van der Waals surface area contributed by atoms with E-state index in [9.17, 15) is 4.79 Å². The van der Waals surface area contributed by atoms with Gasteiger partial charge in [-0.25, -0.2) is 4.79 Å². The number of carboxylic acid groups (broad SMARTS) is 1. The Labute approximate surface area is 126 Å². The van der Waals surface area contributed by atoms with E-state index in [1.165, 1.54) is 32.1 Å². The van der Waals surface area contributed by atoms with E-state index in [2.05, 4.69) is 5.32 Å². The lowest BCUT2D eigenvalue weighted by Crippen LogP contribution is -2.20. The number of nitrogens with one attached hydrogen (secondary N) is 1. The molecule has 0 heterocycles. The SMILES string of the molecule is O=C(O)c1ccc(CNCCCOC2CCCCC2)cc1. The molecule has 1 fully saturated rings. The second kappa shape index (κ2) is 8.80. The Balaban J connectivity index is 1.54. The Bertz CT molecular complexity index is 424. The standard InChI is InChI=1S/C17H25NO3/c19-17(20)15-9-7-14(8-10-15)13-18-11-4-12-21-16-5-2-1-3-6-16/h7-10,16,18H,1-6,11-13H2,(H,19,20). The van der Waals surface area contributed by atoms with Gasteiger partial charge in [0.15, 0.2) is 0 Å². The summed E-state index contributed by atoms with van der Waals surface area (Å²) >= 11 is 0. The van der Waals surface area contributed by atoms with Crippen LogP contribution in [0.4, 0.5) is 0 Å². The largest absolute Gasteiger partial charge is 0.478 e. The van der Waals surface area contributed by atoms with Crippen LogP contribution in [0.2, 0.25) is 0 Å². The van der Waals surface area contributed by atoms with Gasteiger partial charge in [0.25, 0.3) is 0 Å². The van der Waals surface area contributed by atoms with E-state index in [0.717, 1.165) is 31.7 Å². The Kier molecular flexibility index (Phi) is 6.70. The molecule has 1 aromatic carbocycles. The van der Waals surface area contributed by atoms with Gasteiger partial charge in [0, 0.05) is 13.2 Å². The van der Waals surface area contributed by atoms with Gasteiger partial charge < -0.3 is 15.2 Å². The number of aromatic carboxylic acids is 1. The number of ether oxygens (including phenoxy) is 1. The number of benzene rings is 1. The van der Waals surface area contributed by atoms with Crippen molar-refractivity contribution in [2.24, 2.45) is 0 Å². The van der Waals surface area contributed by atoms with E-state index in [1.54, 1.807) is 12.1 Å². The second-order valence-corrected chi connectivity index (χ2v) is 5.66. The van der Waals surface area contributed by atoms with Crippen molar-refractivity contribution in [3.8, 4) is 0 Å². The van der Waals surface area contributed by atoms with Gasteiger partial charge in [-0.2, -0.15) is 0 Å². The molecule has 1 aromatic rings. The van der Waals surface area contributed by atoms with Crippen LogP contribution in [-0.4, -0.2) is 30.3 Å². The van der Waals surface area contributed by atoms with E-state index < -0.39 is 5.97 Å². The average Bonchev–Trinajstić information content (AvgIpc) is 2.52. The summed E-state index contributed by atoms with van der Waals surface area (Å²) < 4.78 is 5.87. The van der Waals surface area contributed by atoms with Gasteiger partial charge >= 0.3 is 5.97 Å². The fraction of sp³-hybridized carbons (Fsp3) is 0.588. The molecule has 0 aromatic heterocycles. The monoisotopic (exact) mass is 291 g/mol. The molecule has 4 nitrogen and oxygen atoms in total. The zero-order valence-electron chi connectivity index (χ0n) is 12.5. The van der Waals surface area contributed by atoms with Gasteiger partial charge in [0.1, 0.15) is 0 Å². The van der Waals surface area contributed by atoms with E-state index in [1.807, 2.05) is 12.1 Å². The Hall–Kier alpha value is -1.39. The van der Waals surface area contributed by atoms with Crippen LogP contribution in [0.3, 0.4) is 0 Å². The Morgan fingerprint density at radius 3 is 2.57 bits per heavy atom. The predicted molar refractivity (Wildman–Crippen MR) is 82.6 cm³/mol. The normalized spacial score (nSPS) is 16.0. The molecule has 0 saturated heterocycles. The maximum Gasteiger partial charge on any atom is 0.335 e. The lowest BCUT2D eigenvalue weighted by molar-refractivity contribution is 0.0273. The van der Waals surface area contributed by atoms with Crippen molar-refractivity contribution in [3.05, 3.63) is 35.4 Å². The molecule has 0 aliphatic heterocycles. The number of carbonyl (C=O) groups is 1. The number of hydrogen-bond donors (Lipinski definition) is 2. The summed E-state index contributed by atoms with van der Waals surface area (Å²) in [6.07, 6.45) is 7.95. The van der Waals surface area contributed by atoms with Crippen molar-refractivity contribution in [3.63, 3.8) is 0 Å². The highest BCUT2D eigenvalue weighted by molar-refractivity contribution is 5.87. The van der Waals surface area contributed by atoms with Gasteiger partial charge in [0.2, 0.25) is 0 Å². The maximum atomic E-state index is 10.7. The second-order valence-electron chi connectivity index (χ2n) is 5.66. The quantitative estimate of drug-likeness (QED) is 0.722. The molecule has 0 amide bonds. The fourth-order valence-corrected chi connectivity index (χ4v) is 2.68. The third kappa shape index (κ3) is 5.86. The van der Waals surface area contributed by atoms with Crippen LogP contribution in [0.25, 0.3) is 0 Å². The molecular formula is C17H25NO3. The molecule has 0 unspecified atom stereocenters. The summed E-state index contributed by atoms with van der Waals surface area (Å²) in [6.45, 7) is 2.52. The topological polar surface area (TPSA) is 58.6 Å². The molecule has 1 aliphatic carbocycles. The van der Waals surface area contributed by atoms with Crippen molar-refractivity contribution in [1.29, 1.82) is 0 Å². The highest BCUT2D eigenvalue weighted by atomic mass is 16.5. The molecule has 2 N–H and O–H groups in total. The summed E-state index contributed by atoms with van der Waals surface area (Å²) in [5.41, 5.74) is 1.44. The van der Waals surface area contributed by atoms with E-state index in [-0.39, 0.29) is 0 Å². The Morgan fingerprint density at radius 1 is 1.19 bits per heavy atom. The molecule has 4 heteroatoms. The molecule has 0 atom stereocenters. The Morgan fingerprint density at radius 2 is 1.90 bits per heavy atom. The highest BCUT2D eigenvalue weighted by Crippen LogP contribution is 2.20. The molecule has 0 spiro atoms. The highest BCUT2D eigenvalue weighted by Gasteiger charge is 2.12. The van der Waals surface area contributed by atoms with Crippen LogP contribution in [0.5, 0.6) is 0 Å². The van der Waals surface area contributed by atoms with Crippen LogP contribution in [-0.2, 0) is 11.3 Å². The summed E-state index contributed by atoms with van der Waals surface area (Å²) in [6, 6.07) is 7.00. The lowest BCUT2D eigenvalue weighted by Gasteiger charge is -2.21.